The molecule has 0 aliphatic rings. The lowest BCUT2D eigenvalue weighted by Crippen LogP contribution is -1.93. The lowest BCUT2D eigenvalue weighted by atomic mass is 10.2. The largest absolute Gasteiger partial charge is 0.332 e. The molecular formula is C8H8BrFO2S. The maximum Gasteiger partial charge on any atom is 0.332 e. The molecule has 72 valence electrons. The van der Waals surface area contributed by atoms with Crippen LogP contribution in [0.5, 0.6) is 0 Å². The summed E-state index contributed by atoms with van der Waals surface area (Å²) in [4.78, 5) is -0.287. The van der Waals surface area contributed by atoms with E-state index in [9.17, 15) is 12.3 Å². The van der Waals surface area contributed by atoms with E-state index in [1.807, 2.05) is 6.92 Å². The van der Waals surface area contributed by atoms with E-state index in [1.54, 1.807) is 6.07 Å². The molecule has 1 unspecified atom stereocenters. The van der Waals surface area contributed by atoms with Gasteiger partial charge in [0.1, 0.15) is 0 Å². The zero-order chi connectivity index (χ0) is 10.1. The maximum absolute atomic E-state index is 12.5. The summed E-state index contributed by atoms with van der Waals surface area (Å²) in [5.74, 6) is 0. The van der Waals surface area contributed by atoms with Crippen LogP contribution in [0.4, 0.5) is 3.89 Å². The van der Waals surface area contributed by atoms with E-state index >= 15 is 0 Å². The van der Waals surface area contributed by atoms with E-state index in [1.165, 1.54) is 18.2 Å². The molecular weight excluding hydrogens is 259 g/mol. The van der Waals surface area contributed by atoms with Crippen LogP contribution in [0.2, 0.25) is 0 Å². The van der Waals surface area contributed by atoms with E-state index in [-0.39, 0.29) is 9.72 Å². The van der Waals surface area contributed by atoms with E-state index in [0.29, 0.717) is 0 Å². The Morgan fingerprint density at radius 3 is 2.54 bits per heavy atom. The van der Waals surface area contributed by atoms with Crippen molar-refractivity contribution in [1.29, 1.82) is 0 Å². The molecule has 0 fully saturated rings. The number of halogens is 2. The topological polar surface area (TPSA) is 34.1 Å². The molecule has 13 heavy (non-hydrogen) atoms. The molecule has 0 saturated carbocycles. The first-order valence-corrected chi connectivity index (χ1v) is 5.90. The molecule has 5 heteroatoms. The first kappa shape index (κ1) is 10.7. The van der Waals surface area contributed by atoms with E-state index in [4.69, 9.17) is 0 Å². The van der Waals surface area contributed by atoms with Gasteiger partial charge in [0.05, 0.1) is 4.90 Å². The smallest absolute Gasteiger partial charge is 0.189 e. The molecule has 0 aromatic heterocycles. The third-order valence-electron chi connectivity index (χ3n) is 1.60. The van der Waals surface area contributed by atoms with Crippen molar-refractivity contribution in [2.45, 2.75) is 16.6 Å². The van der Waals surface area contributed by atoms with Crippen LogP contribution in [0.3, 0.4) is 0 Å². The van der Waals surface area contributed by atoms with Crippen LogP contribution in [0.25, 0.3) is 0 Å². The fourth-order valence-electron chi connectivity index (χ4n) is 0.914. The SMILES string of the molecule is CC(Br)c1cccc(S(=O)(=O)F)c1. The summed E-state index contributed by atoms with van der Waals surface area (Å²) >= 11 is 3.27. The van der Waals surface area contributed by atoms with Crippen molar-refractivity contribution in [3.8, 4) is 0 Å². The van der Waals surface area contributed by atoms with Crippen LogP contribution in [-0.2, 0) is 10.2 Å². The predicted octanol–water partition coefficient (Wildman–Crippen LogP) is 2.80. The minimum Gasteiger partial charge on any atom is -0.189 e. The highest BCUT2D eigenvalue weighted by Crippen LogP contribution is 2.24. The van der Waals surface area contributed by atoms with Gasteiger partial charge in [-0.2, -0.15) is 8.42 Å². The van der Waals surface area contributed by atoms with Crippen molar-refractivity contribution in [2.24, 2.45) is 0 Å². The third-order valence-corrected chi connectivity index (χ3v) is 2.94. The lowest BCUT2D eigenvalue weighted by Gasteiger charge is -2.03. The van der Waals surface area contributed by atoms with Gasteiger partial charge in [-0.05, 0) is 24.6 Å². The Bertz CT molecular complexity index is 400. The van der Waals surface area contributed by atoms with Crippen LogP contribution >= 0.6 is 15.9 Å². The van der Waals surface area contributed by atoms with Gasteiger partial charge in [-0.1, -0.05) is 28.1 Å². The number of hydrogen-bond donors (Lipinski definition) is 0. The summed E-state index contributed by atoms with van der Waals surface area (Å²) in [6.45, 7) is 1.84. The molecule has 0 spiro atoms. The van der Waals surface area contributed by atoms with Gasteiger partial charge in [-0.3, -0.25) is 0 Å². The Labute approximate surface area is 85.1 Å². The first-order chi connectivity index (χ1) is 5.91. The minimum absolute atomic E-state index is 0.00852. The monoisotopic (exact) mass is 266 g/mol. The summed E-state index contributed by atoms with van der Waals surface area (Å²) < 4.78 is 33.6. The Morgan fingerprint density at radius 1 is 1.46 bits per heavy atom. The van der Waals surface area contributed by atoms with Gasteiger partial charge >= 0.3 is 10.2 Å². The van der Waals surface area contributed by atoms with Crippen LogP contribution in [-0.4, -0.2) is 8.42 Å². The molecule has 1 atom stereocenters. The molecule has 1 rings (SSSR count). The molecule has 0 N–H and O–H groups in total. The van der Waals surface area contributed by atoms with Crippen molar-refractivity contribution < 1.29 is 12.3 Å². The summed E-state index contributed by atoms with van der Waals surface area (Å²) in [5, 5.41) is 0. The van der Waals surface area contributed by atoms with Gasteiger partial charge in [0.15, 0.2) is 0 Å². The number of benzene rings is 1. The summed E-state index contributed by atoms with van der Waals surface area (Å²) in [6, 6.07) is 5.79. The minimum atomic E-state index is -4.58. The highest BCUT2D eigenvalue weighted by Gasteiger charge is 2.12. The van der Waals surface area contributed by atoms with Crippen molar-refractivity contribution in [3.05, 3.63) is 29.8 Å². The van der Waals surface area contributed by atoms with Crippen LogP contribution in [0.1, 0.15) is 17.3 Å². The average molecular weight is 267 g/mol. The normalized spacial score (nSPS) is 14.1. The van der Waals surface area contributed by atoms with Crippen molar-refractivity contribution in [3.63, 3.8) is 0 Å². The van der Waals surface area contributed by atoms with Crippen LogP contribution in [0.15, 0.2) is 29.2 Å². The molecule has 1 aromatic carbocycles. The van der Waals surface area contributed by atoms with Gasteiger partial charge in [-0.15, -0.1) is 3.89 Å². The zero-order valence-corrected chi connectivity index (χ0v) is 9.27. The van der Waals surface area contributed by atoms with Gasteiger partial charge in [0, 0.05) is 4.83 Å². The summed E-state index contributed by atoms with van der Waals surface area (Å²) in [5.41, 5.74) is 0.735. The lowest BCUT2D eigenvalue weighted by molar-refractivity contribution is 0.552. The molecule has 0 bridgehead atoms. The predicted molar refractivity (Wildman–Crippen MR) is 52.1 cm³/mol. The maximum atomic E-state index is 12.5. The number of rotatable bonds is 2. The van der Waals surface area contributed by atoms with Gasteiger partial charge in [0.2, 0.25) is 0 Å². The highest BCUT2D eigenvalue weighted by atomic mass is 79.9. The second-order valence-electron chi connectivity index (χ2n) is 2.63. The van der Waals surface area contributed by atoms with Gasteiger partial charge in [-0.25, -0.2) is 0 Å². The number of alkyl halides is 1. The molecule has 0 saturated heterocycles. The average Bonchev–Trinajstić information content (AvgIpc) is 2.03. The molecule has 1 aromatic rings. The molecule has 0 aliphatic carbocycles. The molecule has 2 nitrogen and oxygen atoms in total. The Morgan fingerprint density at radius 2 is 2.08 bits per heavy atom. The summed E-state index contributed by atoms with van der Waals surface area (Å²) in [7, 11) is -4.58. The third kappa shape index (κ3) is 2.77. The molecule has 0 heterocycles. The molecule has 0 amide bonds. The van der Waals surface area contributed by atoms with Crippen molar-refractivity contribution in [2.75, 3.05) is 0 Å². The quantitative estimate of drug-likeness (QED) is 0.610. The zero-order valence-electron chi connectivity index (χ0n) is 6.87. The Kier molecular flexibility index (Phi) is 3.08. The Hall–Kier alpha value is -0.420. The standard InChI is InChI=1S/C8H8BrFO2S/c1-6(9)7-3-2-4-8(5-7)13(10,11)12/h2-6H,1H3. The van der Waals surface area contributed by atoms with Crippen LogP contribution in [0, 0.1) is 0 Å². The van der Waals surface area contributed by atoms with Crippen molar-refractivity contribution >= 4 is 26.2 Å². The van der Waals surface area contributed by atoms with E-state index in [0.717, 1.165) is 5.56 Å². The van der Waals surface area contributed by atoms with Crippen molar-refractivity contribution in [1.82, 2.24) is 0 Å². The second-order valence-corrected chi connectivity index (χ2v) is 5.35. The fraction of sp³-hybridized carbons (Fsp3) is 0.250. The fourth-order valence-corrected chi connectivity index (χ4v) is 1.72. The summed E-state index contributed by atoms with van der Waals surface area (Å²) in [6.07, 6.45) is 0. The highest BCUT2D eigenvalue weighted by molar-refractivity contribution is 9.09. The number of hydrogen-bond acceptors (Lipinski definition) is 2. The van der Waals surface area contributed by atoms with Gasteiger partial charge < -0.3 is 0 Å². The van der Waals surface area contributed by atoms with Gasteiger partial charge in [0.25, 0.3) is 0 Å². The van der Waals surface area contributed by atoms with E-state index < -0.39 is 10.2 Å². The van der Waals surface area contributed by atoms with E-state index in [2.05, 4.69) is 15.9 Å². The molecule has 0 aliphatic heterocycles. The Balaban J connectivity index is 3.21. The van der Waals surface area contributed by atoms with Crippen LogP contribution < -0.4 is 0 Å². The second kappa shape index (κ2) is 3.75. The first-order valence-electron chi connectivity index (χ1n) is 3.60. The molecule has 0 radical (unpaired) electrons.